The number of nitrogens with zero attached hydrogens (tertiary/aromatic N) is 2. The molecule has 0 aliphatic heterocycles. The number of nitrogens with one attached hydrogen (secondary N) is 1. The lowest BCUT2D eigenvalue weighted by Gasteiger charge is -2.26. The summed E-state index contributed by atoms with van der Waals surface area (Å²) in [6, 6.07) is 24.8. The van der Waals surface area contributed by atoms with Crippen LogP contribution in [0.25, 0.3) is 10.8 Å². The molecule has 0 saturated carbocycles. The molecule has 2 amide bonds. The molecule has 0 aliphatic carbocycles. The molecule has 0 fully saturated rings. The van der Waals surface area contributed by atoms with Gasteiger partial charge in [0.25, 0.3) is 10.0 Å². The molecule has 4 aromatic rings. The highest BCUT2D eigenvalue weighted by atomic mass is 32.2. The Morgan fingerprint density at radius 2 is 1.65 bits per heavy atom. The largest absolute Gasteiger partial charge is 0.312 e. The van der Waals surface area contributed by atoms with Gasteiger partial charge in [0.1, 0.15) is 5.92 Å². The maximum absolute atomic E-state index is 13.6. The number of benzene rings is 3. The molecule has 7 nitrogen and oxygen atoms in total. The van der Waals surface area contributed by atoms with E-state index < -0.39 is 27.8 Å². The zero-order valence-corrected chi connectivity index (χ0v) is 21.4. The van der Waals surface area contributed by atoms with Crippen molar-refractivity contribution in [2.75, 3.05) is 11.4 Å². The van der Waals surface area contributed by atoms with Gasteiger partial charge in [0.15, 0.2) is 0 Å². The summed E-state index contributed by atoms with van der Waals surface area (Å²) >= 11 is 0. The molecule has 190 valence electrons. The first-order valence-corrected chi connectivity index (χ1v) is 13.7. The van der Waals surface area contributed by atoms with Gasteiger partial charge in [-0.15, -0.1) is 0 Å². The number of anilines is 1. The predicted octanol–water partition coefficient (Wildman–Crippen LogP) is 4.73. The number of amides is 2. The molecule has 1 unspecified atom stereocenters. The van der Waals surface area contributed by atoms with Gasteiger partial charge in [0.05, 0.1) is 4.90 Å². The van der Waals surface area contributed by atoms with Crippen molar-refractivity contribution in [3.63, 3.8) is 0 Å². The first-order valence-electron chi connectivity index (χ1n) is 12.2. The molecule has 1 aromatic heterocycles. The van der Waals surface area contributed by atoms with E-state index in [0.29, 0.717) is 25.1 Å². The zero-order valence-electron chi connectivity index (χ0n) is 20.6. The fourth-order valence-corrected chi connectivity index (χ4v) is 5.34. The van der Waals surface area contributed by atoms with Gasteiger partial charge >= 0.3 is 0 Å². The van der Waals surface area contributed by atoms with Crippen LogP contribution in [0.2, 0.25) is 0 Å². The van der Waals surface area contributed by atoms with Gasteiger partial charge in [0.2, 0.25) is 11.8 Å². The number of sulfonamides is 1. The van der Waals surface area contributed by atoms with Crippen molar-refractivity contribution >= 4 is 38.3 Å². The molecule has 4 rings (SSSR count). The van der Waals surface area contributed by atoms with Crippen LogP contribution >= 0.6 is 0 Å². The van der Waals surface area contributed by atoms with Crippen LogP contribution in [0.1, 0.15) is 25.3 Å². The minimum absolute atomic E-state index is 0.0310. The molecule has 1 atom stereocenters. The third kappa shape index (κ3) is 6.40. The first kappa shape index (κ1) is 26.0. The monoisotopic (exact) mass is 515 g/mol. The summed E-state index contributed by atoms with van der Waals surface area (Å²) in [5.74, 6) is -2.45. The van der Waals surface area contributed by atoms with Crippen LogP contribution in [0.4, 0.5) is 5.69 Å². The van der Waals surface area contributed by atoms with Crippen LogP contribution in [0.15, 0.2) is 102 Å². The molecule has 8 heteroatoms. The maximum atomic E-state index is 13.6. The van der Waals surface area contributed by atoms with E-state index in [1.807, 2.05) is 55.5 Å². The molecule has 0 aliphatic rings. The van der Waals surface area contributed by atoms with E-state index in [4.69, 9.17) is 0 Å². The lowest BCUT2D eigenvalue weighted by Crippen LogP contribution is -2.45. The number of rotatable bonds is 10. The van der Waals surface area contributed by atoms with E-state index in [1.165, 1.54) is 17.0 Å². The second-order valence-corrected chi connectivity index (χ2v) is 10.4. The Hall–Kier alpha value is -4.04. The smallest absolute Gasteiger partial charge is 0.264 e. The van der Waals surface area contributed by atoms with Crippen molar-refractivity contribution in [2.45, 2.75) is 31.1 Å². The van der Waals surface area contributed by atoms with Crippen LogP contribution in [0, 0.1) is 5.92 Å². The Morgan fingerprint density at radius 1 is 0.919 bits per heavy atom. The van der Waals surface area contributed by atoms with Crippen molar-refractivity contribution < 1.29 is 18.0 Å². The van der Waals surface area contributed by atoms with E-state index in [1.54, 1.807) is 36.7 Å². The summed E-state index contributed by atoms with van der Waals surface area (Å²) in [7, 11) is -4.18. The van der Waals surface area contributed by atoms with Gasteiger partial charge < -0.3 is 4.90 Å². The van der Waals surface area contributed by atoms with Gasteiger partial charge in [0, 0.05) is 24.6 Å². The van der Waals surface area contributed by atoms with E-state index in [-0.39, 0.29) is 11.3 Å². The van der Waals surface area contributed by atoms with Crippen LogP contribution in [0.3, 0.4) is 0 Å². The predicted molar refractivity (Wildman–Crippen MR) is 144 cm³/mol. The van der Waals surface area contributed by atoms with Crippen LogP contribution in [0.5, 0.6) is 0 Å². The normalized spacial score (nSPS) is 12.1. The number of aromatic nitrogens is 1. The zero-order chi connectivity index (χ0) is 26.3. The number of carbonyl (C=O) groups excluding carboxylic acids is 2. The highest BCUT2D eigenvalue weighted by Gasteiger charge is 2.33. The fraction of sp³-hybridized carbons (Fsp3) is 0.207. The standard InChI is InChI=1S/C29H29N3O4S/c1-2-32(25-14-4-3-5-15-25)29(34)27(16-8-10-22-11-9-19-30-21-22)28(33)31-37(35,36)26-18-17-23-12-6-7-13-24(23)20-26/h3-7,9,11-15,17-21,27H,2,8,10,16H2,1H3,(H,31,33). The lowest BCUT2D eigenvalue weighted by molar-refractivity contribution is -0.133. The topological polar surface area (TPSA) is 96.4 Å². The van der Waals surface area contributed by atoms with Gasteiger partial charge in [-0.25, -0.2) is 13.1 Å². The molecule has 1 N–H and O–H groups in total. The van der Waals surface area contributed by atoms with E-state index in [2.05, 4.69) is 9.71 Å². The summed E-state index contributed by atoms with van der Waals surface area (Å²) in [6.07, 6.45) is 4.73. The van der Waals surface area contributed by atoms with Crippen LogP contribution < -0.4 is 9.62 Å². The third-order valence-corrected chi connectivity index (χ3v) is 7.56. The number of hydrogen-bond acceptors (Lipinski definition) is 5. The van der Waals surface area contributed by atoms with Gasteiger partial charge in [-0.3, -0.25) is 14.6 Å². The molecule has 1 heterocycles. The highest BCUT2D eigenvalue weighted by molar-refractivity contribution is 7.90. The number of hydrogen-bond donors (Lipinski definition) is 1. The minimum atomic E-state index is -4.18. The molecule has 37 heavy (non-hydrogen) atoms. The summed E-state index contributed by atoms with van der Waals surface area (Å²) in [4.78, 5) is 32.6. The first-order chi connectivity index (χ1) is 17.9. The number of aryl methyl sites for hydroxylation is 1. The molecule has 0 saturated heterocycles. The average Bonchev–Trinajstić information content (AvgIpc) is 2.92. The van der Waals surface area contributed by atoms with E-state index in [0.717, 1.165) is 16.3 Å². The van der Waals surface area contributed by atoms with Crippen molar-refractivity contribution in [2.24, 2.45) is 5.92 Å². The summed E-state index contributed by atoms with van der Waals surface area (Å²) in [5.41, 5.74) is 1.63. The maximum Gasteiger partial charge on any atom is 0.264 e. The average molecular weight is 516 g/mol. The van der Waals surface area contributed by atoms with E-state index >= 15 is 0 Å². The summed E-state index contributed by atoms with van der Waals surface area (Å²) in [6.45, 7) is 2.16. The lowest BCUT2D eigenvalue weighted by atomic mass is 9.97. The van der Waals surface area contributed by atoms with Crippen molar-refractivity contribution in [3.05, 3.63) is 103 Å². The Labute approximate surface area is 217 Å². The molecule has 3 aromatic carbocycles. The Kier molecular flexibility index (Phi) is 8.30. The van der Waals surface area contributed by atoms with Crippen LogP contribution in [-0.2, 0) is 26.0 Å². The second-order valence-electron chi connectivity index (χ2n) is 8.70. The number of carbonyl (C=O) groups is 2. The van der Waals surface area contributed by atoms with Gasteiger partial charge in [-0.1, -0.05) is 54.6 Å². The Bertz CT molecular complexity index is 1480. The van der Waals surface area contributed by atoms with Gasteiger partial charge in [-0.05, 0) is 72.9 Å². The molecule has 0 radical (unpaired) electrons. The molecular formula is C29H29N3O4S. The molecule has 0 bridgehead atoms. The van der Waals surface area contributed by atoms with Crippen LogP contribution in [-0.4, -0.2) is 31.8 Å². The fourth-order valence-electron chi connectivity index (χ4n) is 4.28. The molecular weight excluding hydrogens is 486 g/mol. The SMILES string of the molecule is CCN(C(=O)C(CCCc1cccnc1)C(=O)NS(=O)(=O)c1ccc2ccccc2c1)c1ccccc1. The number of fused-ring (bicyclic) bond motifs is 1. The van der Waals surface area contributed by atoms with Crippen molar-refractivity contribution in [3.8, 4) is 0 Å². The Balaban J connectivity index is 1.57. The second kappa shape index (κ2) is 11.8. The molecule has 0 spiro atoms. The third-order valence-electron chi connectivity index (χ3n) is 6.21. The van der Waals surface area contributed by atoms with Gasteiger partial charge in [-0.2, -0.15) is 0 Å². The quantitative estimate of drug-likeness (QED) is 0.308. The van der Waals surface area contributed by atoms with Crippen molar-refractivity contribution in [1.29, 1.82) is 0 Å². The van der Waals surface area contributed by atoms with Crippen molar-refractivity contribution in [1.82, 2.24) is 9.71 Å². The summed E-state index contributed by atoms with van der Waals surface area (Å²) < 4.78 is 28.5. The summed E-state index contributed by atoms with van der Waals surface area (Å²) in [5, 5.41) is 1.63. The number of para-hydroxylation sites is 1. The highest BCUT2D eigenvalue weighted by Crippen LogP contribution is 2.22. The number of pyridine rings is 1. The minimum Gasteiger partial charge on any atom is -0.312 e. The Morgan fingerprint density at radius 3 is 2.35 bits per heavy atom. The van der Waals surface area contributed by atoms with E-state index in [9.17, 15) is 18.0 Å².